The first-order valence-corrected chi connectivity index (χ1v) is 8.34. The average molecular weight is 315 g/mol. The summed E-state index contributed by atoms with van der Waals surface area (Å²) in [5, 5.41) is 9.31. The average Bonchev–Trinajstić information content (AvgIpc) is 3.17. The summed E-state index contributed by atoms with van der Waals surface area (Å²) in [7, 11) is 0. The zero-order chi connectivity index (χ0) is 15.8. The molecule has 1 atom stereocenters. The Bertz CT molecular complexity index is 774. The first-order chi connectivity index (χ1) is 11.2. The fourth-order valence-electron chi connectivity index (χ4n) is 3.81. The summed E-state index contributed by atoms with van der Waals surface area (Å²) in [5.41, 5.74) is 0.467. The van der Waals surface area contributed by atoms with E-state index in [2.05, 4.69) is 20.4 Å². The molecule has 1 aliphatic heterocycles. The maximum atomic E-state index is 12.4. The number of nitrogens with zero attached hydrogens (tertiary/aromatic N) is 3. The Kier molecular flexibility index (Phi) is 3.65. The Balaban J connectivity index is 1.42. The summed E-state index contributed by atoms with van der Waals surface area (Å²) in [6.45, 7) is 1.81. The Morgan fingerprint density at radius 1 is 1.35 bits per heavy atom. The summed E-state index contributed by atoms with van der Waals surface area (Å²) in [4.78, 5) is 26.5. The molecule has 23 heavy (non-hydrogen) atoms. The van der Waals surface area contributed by atoms with Crippen LogP contribution in [0.4, 0.5) is 0 Å². The van der Waals surface area contributed by atoms with E-state index < -0.39 is 0 Å². The van der Waals surface area contributed by atoms with Crippen molar-refractivity contribution in [3.05, 3.63) is 34.4 Å². The zero-order valence-corrected chi connectivity index (χ0v) is 13.0. The number of hydrogen-bond acceptors (Lipinski definition) is 4. The summed E-state index contributed by atoms with van der Waals surface area (Å²) in [5.74, 6) is -0.173. The number of likely N-dealkylation sites (tertiary alicyclic amines) is 1. The molecule has 2 aliphatic rings. The van der Waals surface area contributed by atoms with E-state index in [4.69, 9.17) is 0 Å². The standard InChI is InChI=1S/C16H21N5O2/c22-15(13-6-3-8-21-14(13)18-19-16(21)23)17-10-12-7-9-20(12)11-4-1-2-5-11/h3,6,8,11-12H,1-2,4-5,7,9-10H2,(H,17,22)(H,19,23). The first kappa shape index (κ1) is 14.4. The van der Waals surface area contributed by atoms with Crippen molar-refractivity contribution in [1.82, 2.24) is 24.8 Å². The molecule has 0 radical (unpaired) electrons. The molecule has 122 valence electrons. The van der Waals surface area contributed by atoms with Crippen LogP contribution in [0, 0.1) is 0 Å². The van der Waals surface area contributed by atoms with Gasteiger partial charge in [0.15, 0.2) is 5.65 Å². The van der Waals surface area contributed by atoms with Gasteiger partial charge >= 0.3 is 5.69 Å². The number of aromatic amines is 1. The number of amides is 1. The number of hydrogen-bond donors (Lipinski definition) is 2. The van der Waals surface area contributed by atoms with Crippen molar-refractivity contribution < 1.29 is 4.79 Å². The lowest BCUT2D eigenvalue weighted by atomic mass is 9.98. The molecule has 3 heterocycles. The van der Waals surface area contributed by atoms with Crippen LogP contribution in [0.1, 0.15) is 42.5 Å². The van der Waals surface area contributed by atoms with Gasteiger partial charge in [0, 0.05) is 31.4 Å². The smallest absolute Gasteiger partial charge is 0.347 e. The lowest BCUT2D eigenvalue weighted by Crippen LogP contribution is -2.56. The van der Waals surface area contributed by atoms with Crippen molar-refractivity contribution >= 4 is 11.6 Å². The van der Waals surface area contributed by atoms with Crippen molar-refractivity contribution in [2.24, 2.45) is 0 Å². The van der Waals surface area contributed by atoms with E-state index in [0.717, 1.165) is 13.0 Å². The minimum absolute atomic E-state index is 0.173. The van der Waals surface area contributed by atoms with Crippen molar-refractivity contribution in [3.8, 4) is 0 Å². The third kappa shape index (κ3) is 2.55. The highest BCUT2D eigenvalue weighted by Gasteiger charge is 2.35. The Morgan fingerprint density at radius 3 is 2.91 bits per heavy atom. The molecule has 1 saturated carbocycles. The molecule has 2 aromatic rings. The van der Waals surface area contributed by atoms with Gasteiger partial charge in [-0.3, -0.25) is 9.69 Å². The summed E-state index contributed by atoms with van der Waals surface area (Å²) in [6.07, 6.45) is 7.99. The van der Waals surface area contributed by atoms with E-state index in [9.17, 15) is 9.59 Å². The van der Waals surface area contributed by atoms with Crippen LogP contribution in [0.5, 0.6) is 0 Å². The lowest BCUT2D eigenvalue weighted by Gasteiger charge is -2.45. The van der Waals surface area contributed by atoms with Gasteiger partial charge in [0.2, 0.25) is 0 Å². The van der Waals surface area contributed by atoms with E-state index in [0.29, 0.717) is 29.8 Å². The van der Waals surface area contributed by atoms with Gasteiger partial charge in [0.25, 0.3) is 5.91 Å². The molecule has 0 bridgehead atoms. The van der Waals surface area contributed by atoms with Gasteiger partial charge < -0.3 is 5.32 Å². The first-order valence-electron chi connectivity index (χ1n) is 8.34. The number of rotatable bonds is 4. The van der Waals surface area contributed by atoms with Crippen LogP contribution in [0.2, 0.25) is 0 Å². The second kappa shape index (κ2) is 5.81. The van der Waals surface area contributed by atoms with Crippen molar-refractivity contribution in [2.45, 2.75) is 44.2 Å². The maximum Gasteiger partial charge on any atom is 0.347 e. The summed E-state index contributed by atoms with van der Waals surface area (Å²) < 4.78 is 1.35. The van der Waals surface area contributed by atoms with Gasteiger partial charge in [0.05, 0.1) is 5.56 Å². The third-order valence-electron chi connectivity index (χ3n) is 5.17. The minimum atomic E-state index is -0.332. The fourth-order valence-corrected chi connectivity index (χ4v) is 3.81. The molecule has 0 aromatic carbocycles. The second-order valence-corrected chi connectivity index (χ2v) is 6.47. The molecule has 1 amide bonds. The number of nitrogens with one attached hydrogen (secondary N) is 2. The van der Waals surface area contributed by atoms with Crippen molar-refractivity contribution in [1.29, 1.82) is 0 Å². The summed E-state index contributed by atoms with van der Waals surface area (Å²) in [6, 6.07) is 4.54. The normalized spacial score (nSPS) is 22.3. The largest absolute Gasteiger partial charge is 0.350 e. The van der Waals surface area contributed by atoms with Gasteiger partial charge in [-0.1, -0.05) is 12.8 Å². The molecule has 1 aliphatic carbocycles. The highest BCUT2D eigenvalue weighted by atomic mass is 16.2. The monoisotopic (exact) mass is 315 g/mol. The van der Waals surface area contributed by atoms with Crippen molar-refractivity contribution in [2.75, 3.05) is 13.1 Å². The predicted molar refractivity (Wildman–Crippen MR) is 85.5 cm³/mol. The second-order valence-electron chi connectivity index (χ2n) is 6.47. The molecular formula is C16H21N5O2. The number of carbonyl (C=O) groups is 1. The quantitative estimate of drug-likeness (QED) is 0.873. The van der Waals surface area contributed by atoms with Crippen LogP contribution >= 0.6 is 0 Å². The van der Waals surface area contributed by atoms with E-state index in [1.165, 1.54) is 30.1 Å². The van der Waals surface area contributed by atoms with E-state index in [1.54, 1.807) is 18.3 Å². The number of H-pyrrole nitrogens is 1. The molecule has 7 heteroatoms. The SMILES string of the molecule is O=C(NCC1CCN1C1CCCC1)c1cccn2c(=O)[nH]nc12. The van der Waals surface area contributed by atoms with Crippen LogP contribution in [-0.4, -0.2) is 50.6 Å². The molecule has 2 fully saturated rings. The molecule has 1 saturated heterocycles. The van der Waals surface area contributed by atoms with Crippen LogP contribution in [0.15, 0.2) is 23.1 Å². The van der Waals surface area contributed by atoms with Gasteiger partial charge in [-0.2, -0.15) is 5.10 Å². The molecule has 0 spiro atoms. The van der Waals surface area contributed by atoms with Crippen LogP contribution in [0.3, 0.4) is 0 Å². The third-order valence-corrected chi connectivity index (χ3v) is 5.17. The molecule has 1 unspecified atom stereocenters. The predicted octanol–water partition coefficient (Wildman–Crippen LogP) is 0.769. The Labute approximate surface area is 133 Å². The van der Waals surface area contributed by atoms with Gasteiger partial charge in [-0.25, -0.2) is 14.3 Å². The van der Waals surface area contributed by atoms with Crippen LogP contribution in [0.25, 0.3) is 5.65 Å². The van der Waals surface area contributed by atoms with E-state index in [-0.39, 0.29) is 11.6 Å². The Hall–Kier alpha value is -2.15. The van der Waals surface area contributed by atoms with Crippen molar-refractivity contribution in [3.63, 3.8) is 0 Å². The maximum absolute atomic E-state index is 12.4. The molecule has 7 nitrogen and oxygen atoms in total. The lowest BCUT2D eigenvalue weighted by molar-refractivity contribution is 0.0425. The fraction of sp³-hybridized carbons (Fsp3) is 0.562. The topological polar surface area (TPSA) is 82.5 Å². The van der Waals surface area contributed by atoms with E-state index in [1.807, 2.05) is 0 Å². The zero-order valence-electron chi connectivity index (χ0n) is 13.0. The van der Waals surface area contributed by atoms with E-state index >= 15 is 0 Å². The van der Waals surface area contributed by atoms with Gasteiger partial charge in [-0.05, 0) is 31.4 Å². The number of fused-ring (bicyclic) bond motifs is 1. The number of carbonyl (C=O) groups excluding carboxylic acids is 1. The number of aromatic nitrogens is 3. The van der Waals surface area contributed by atoms with Gasteiger partial charge in [0.1, 0.15) is 0 Å². The summed E-state index contributed by atoms with van der Waals surface area (Å²) >= 11 is 0. The highest BCUT2D eigenvalue weighted by Crippen LogP contribution is 2.30. The Morgan fingerprint density at radius 2 is 2.17 bits per heavy atom. The van der Waals surface area contributed by atoms with Crippen LogP contribution < -0.4 is 11.0 Å². The molecule has 2 aromatic heterocycles. The van der Waals surface area contributed by atoms with Crippen LogP contribution in [-0.2, 0) is 0 Å². The molecule has 2 N–H and O–H groups in total. The highest BCUT2D eigenvalue weighted by molar-refractivity contribution is 5.99. The molecule has 4 rings (SSSR count). The minimum Gasteiger partial charge on any atom is -0.350 e. The number of pyridine rings is 1. The molecular weight excluding hydrogens is 294 g/mol. The van der Waals surface area contributed by atoms with Gasteiger partial charge in [-0.15, -0.1) is 0 Å².